The van der Waals surface area contributed by atoms with E-state index in [9.17, 15) is 9.59 Å². The molecule has 1 aromatic rings. The molecular formula is C20H29NO2. The van der Waals surface area contributed by atoms with Gasteiger partial charge in [-0.05, 0) is 43.6 Å². The first-order valence-corrected chi connectivity index (χ1v) is 8.92. The lowest BCUT2D eigenvalue weighted by Gasteiger charge is -2.22. The third-order valence-corrected chi connectivity index (χ3v) is 4.66. The van der Waals surface area contributed by atoms with Crippen molar-refractivity contribution >= 4 is 11.7 Å². The van der Waals surface area contributed by atoms with Crippen LogP contribution in [-0.2, 0) is 4.79 Å². The van der Waals surface area contributed by atoms with Crippen LogP contribution in [0.4, 0.5) is 0 Å². The molecule has 1 fully saturated rings. The molecule has 1 atom stereocenters. The number of nitrogens with one attached hydrogen (secondary N) is 1. The molecule has 3 heteroatoms. The van der Waals surface area contributed by atoms with Gasteiger partial charge in [0.25, 0.3) is 5.91 Å². The summed E-state index contributed by atoms with van der Waals surface area (Å²) < 4.78 is 0. The van der Waals surface area contributed by atoms with Crippen LogP contribution < -0.4 is 5.32 Å². The van der Waals surface area contributed by atoms with E-state index in [-0.39, 0.29) is 6.04 Å². The van der Waals surface area contributed by atoms with E-state index in [4.69, 9.17) is 0 Å². The molecule has 1 unspecified atom stereocenters. The zero-order valence-corrected chi connectivity index (χ0v) is 14.6. The second kappa shape index (κ2) is 8.28. The molecule has 1 N–H and O–H groups in total. The first-order chi connectivity index (χ1) is 11.0. The third-order valence-electron chi connectivity index (χ3n) is 4.66. The van der Waals surface area contributed by atoms with E-state index in [1.807, 2.05) is 19.1 Å². The van der Waals surface area contributed by atoms with Crippen LogP contribution in [0.15, 0.2) is 24.3 Å². The molecule has 1 aromatic carbocycles. The molecule has 3 nitrogen and oxygen atoms in total. The standard InChI is InChI=1S/C20H29NO2/c1-14(2)13-15(3)21-20(23)19(22)18-11-9-17(10-12-18)16-7-5-4-6-8-16/h9-12,14-16H,4-8,13H2,1-3H3,(H,21,23). The number of Topliss-reactive ketones (excluding diaryl/α,β-unsaturated/α-hetero) is 1. The Morgan fingerprint density at radius 1 is 1.04 bits per heavy atom. The van der Waals surface area contributed by atoms with Crippen molar-refractivity contribution in [3.8, 4) is 0 Å². The van der Waals surface area contributed by atoms with Crippen molar-refractivity contribution in [3.63, 3.8) is 0 Å². The lowest BCUT2D eigenvalue weighted by molar-refractivity contribution is -0.117. The van der Waals surface area contributed by atoms with Gasteiger partial charge in [0.1, 0.15) is 0 Å². The van der Waals surface area contributed by atoms with Crippen LogP contribution in [0, 0.1) is 5.92 Å². The van der Waals surface area contributed by atoms with Gasteiger partial charge in [-0.15, -0.1) is 0 Å². The summed E-state index contributed by atoms with van der Waals surface area (Å²) >= 11 is 0. The second-order valence-corrected chi connectivity index (χ2v) is 7.29. The molecule has 0 spiro atoms. The molecular weight excluding hydrogens is 286 g/mol. The van der Waals surface area contributed by atoms with Gasteiger partial charge in [-0.25, -0.2) is 0 Å². The van der Waals surface area contributed by atoms with Crippen molar-refractivity contribution in [3.05, 3.63) is 35.4 Å². The summed E-state index contributed by atoms with van der Waals surface area (Å²) in [5, 5.41) is 2.80. The monoisotopic (exact) mass is 315 g/mol. The third kappa shape index (κ3) is 5.19. The first-order valence-electron chi connectivity index (χ1n) is 8.92. The Balaban J connectivity index is 1.95. The molecule has 23 heavy (non-hydrogen) atoms. The maximum Gasteiger partial charge on any atom is 0.292 e. The average Bonchev–Trinajstić information content (AvgIpc) is 2.54. The Bertz CT molecular complexity index is 527. The van der Waals surface area contributed by atoms with Gasteiger partial charge >= 0.3 is 0 Å². The lowest BCUT2D eigenvalue weighted by atomic mass is 9.84. The van der Waals surface area contributed by atoms with Crippen LogP contribution in [0.1, 0.15) is 81.1 Å². The zero-order chi connectivity index (χ0) is 16.8. The maximum absolute atomic E-state index is 12.2. The zero-order valence-electron chi connectivity index (χ0n) is 14.6. The molecule has 1 amide bonds. The van der Waals surface area contributed by atoms with Crippen molar-refractivity contribution in [2.24, 2.45) is 5.92 Å². The predicted octanol–water partition coefficient (Wildman–Crippen LogP) is 4.47. The van der Waals surface area contributed by atoms with Gasteiger partial charge in [0, 0.05) is 11.6 Å². The largest absolute Gasteiger partial charge is 0.347 e. The fourth-order valence-electron chi connectivity index (χ4n) is 3.53. The van der Waals surface area contributed by atoms with Gasteiger partial charge < -0.3 is 5.32 Å². The molecule has 1 saturated carbocycles. The number of hydrogen-bond donors (Lipinski definition) is 1. The van der Waals surface area contributed by atoms with E-state index >= 15 is 0 Å². The number of rotatable bonds is 6. The van der Waals surface area contributed by atoms with Gasteiger partial charge in [0.05, 0.1) is 0 Å². The van der Waals surface area contributed by atoms with Crippen LogP contribution in [0.25, 0.3) is 0 Å². The highest BCUT2D eigenvalue weighted by Gasteiger charge is 2.20. The fourth-order valence-corrected chi connectivity index (χ4v) is 3.53. The Hall–Kier alpha value is -1.64. The molecule has 126 valence electrons. The van der Waals surface area contributed by atoms with Crippen molar-refractivity contribution < 1.29 is 9.59 Å². The van der Waals surface area contributed by atoms with Crippen molar-refractivity contribution in [1.82, 2.24) is 5.32 Å². The molecule has 0 heterocycles. The van der Waals surface area contributed by atoms with Gasteiger partial charge in [-0.1, -0.05) is 57.4 Å². The molecule has 0 radical (unpaired) electrons. The highest BCUT2D eigenvalue weighted by molar-refractivity contribution is 6.42. The van der Waals surface area contributed by atoms with E-state index in [0.717, 1.165) is 6.42 Å². The van der Waals surface area contributed by atoms with E-state index in [0.29, 0.717) is 17.4 Å². The van der Waals surface area contributed by atoms with Crippen molar-refractivity contribution in [1.29, 1.82) is 0 Å². The van der Waals surface area contributed by atoms with E-state index in [1.165, 1.54) is 37.7 Å². The highest BCUT2D eigenvalue weighted by Crippen LogP contribution is 2.32. The van der Waals surface area contributed by atoms with Gasteiger partial charge in [-0.2, -0.15) is 0 Å². The summed E-state index contributed by atoms with van der Waals surface area (Å²) in [5.41, 5.74) is 1.79. The number of amides is 1. The van der Waals surface area contributed by atoms with Gasteiger partial charge in [0.2, 0.25) is 5.78 Å². The summed E-state index contributed by atoms with van der Waals surface area (Å²) in [4.78, 5) is 24.3. The minimum atomic E-state index is -0.497. The Morgan fingerprint density at radius 2 is 1.65 bits per heavy atom. The quantitative estimate of drug-likeness (QED) is 0.622. The molecule has 2 rings (SSSR count). The van der Waals surface area contributed by atoms with Crippen LogP contribution >= 0.6 is 0 Å². The number of ketones is 1. The predicted molar refractivity (Wildman–Crippen MR) is 93.7 cm³/mol. The minimum absolute atomic E-state index is 0.0213. The Labute approximate surface area is 139 Å². The Kier molecular flexibility index (Phi) is 6.37. The van der Waals surface area contributed by atoms with Gasteiger partial charge in [-0.3, -0.25) is 9.59 Å². The first kappa shape index (κ1) is 17.7. The van der Waals surface area contributed by atoms with E-state index in [1.54, 1.807) is 12.1 Å². The Morgan fingerprint density at radius 3 is 2.22 bits per heavy atom. The van der Waals surface area contributed by atoms with E-state index in [2.05, 4.69) is 19.2 Å². The lowest BCUT2D eigenvalue weighted by Crippen LogP contribution is -2.38. The minimum Gasteiger partial charge on any atom is -0.347 e. The second-order valence-electron chi connectivity index (χ2n) is 7.29. The van der Waals surface area contributed by atoms with Crippen LogP contribution in [0.5, 0.6) is 0 Å². The SMILES string of the molecule is CC(C)CC(C)NC(=O)C(=O)c1ccc(C2CCCCC2)cc1. The summed E-state index contributed by atoms with van der Waals surface area (Å²) in [6.07, 6.45) is 7.27. The normalized spacial score (nSPS) is 17.0. The van der Waals surface area contributed by atoms with Crippen LogP contribution in [0.2, 0.25) is 0 Å². The maximum atomic E-state index is 12.2. The fraction of sp³-hybridized carbons (Fsp3) is 0.600. The van der Waals surface area contributed by atoms with Crippen LogP contribution in [-0.4, -0.2) is 17.7 Å². The van der Waals surface area contributed by atoms with Gasteiger partial charge in [0.15, 0.2) is 0 Å². The van der Waals surface area contributed by atoms with Crippen molar-refractivity contribution in [2.75, 3.05) is 0 Å². The molecule has 1 aliphatic carbocycles. The highest BCUT2D eigenvalue weighted by atomic mass is 16.2. The molecule has 1 aliphatic rings. The summed E-state index contributed by atoms with van der Waals surface area (Å²) in [6.45, 7) is 6.15. The number of hydrogen-bond acceptors (Lipinski definition) is 2. The summed E-state index contributed by atoms with van der Waals surface area (Å²) in [7, 11) is 0. The van der Waals surface area contributed by atoms with Crippen LogP contribution in [0.3, 0.4) is 0 Å². The van der Waals surface area contributed by atoms with E-state index < -0.39 is 11.7 Å². The molecule has 0 saturated heterocycles. The average molecular weight is 315 g/mol. The number of carbonyl (C=O) groups is 2. The summed E-state index contributed by atoms with van der Waals surface area (Å²) in [5.74, 6) is 0.183. The van der Waals surface area contributed by atoms with Crippen molar-refractivity contribution in [2.45, 2.75) is 71.3 Å². The molecule has 0 aromatic heterocycles. The summed E-state index contributed by atoms with van der Waals surface area (Å²) in [6, 6.07) is 7.67. The number of benzene rings is 1. The number of carbonyl (C=O) groups excluding carboxylic acids is 2. The molecule has 0 aliphatic heterocycles. The topological polar surface area (TPSA) is 46.2 Å². The smallest absolute Gasteiger partial charge is 0.292 e. The molecule has 0 bridgehead atoms.